The quantitative estimate of drug-likeness (QED) is 0.423. The number of thioether (sulfide) groups is 1. The molecule has 3 aromatic heterocycles. The van der Waals surface area contributed by atoms with E-state index < -0.39 is 0 Å². The van der Waals surface area contributed by atoms with Gasteiger partial charge in [0, 0.05) is 12.7 Å². The Morgan fingerprint density at radius 2 is 2.13 bits per heavy atom. The van der Waals surface area contributed by atoms with E-state index >= 15 is 0 Å². The van der Waals surface area contributed by atoms with E-state index in [0.29, 0.717) is 45.1 Å². The average Bonchev–Trinajstić information content (AvgIpc) is 3.36. The van der Waals surface area contributed by atoms with Gasteiger partial charge in [0.25, 0.3) is 11.5 Å². The summed E-state index contributed by atoms with van der Waals surface area (Å²) in [4.78, 5) is 32.9. The van der Waals surface area contributed by atoms with Crippen LogP contribution in [0.2, 0.25) is 0 Å². The lowest BCUT2D eigenvalue weighted by Crippen LogP contribution is -2.29. The van der Waals surface area contributed by atoms with E-state index in [9.17, 15) is 9.59 Å². The smallest absolute Gasteiger partial charge is 0.267 e. The molecule has 3 aromatic rings. The number of rotatable bonds is 7. The highest BCUT2D eigenvalue weighted by atomic mass is 32.2. The molecule has 1 fully saturated rings. The zero-order valence-electron chi connectivity index (χ0n) is 17.3. The first-order valence-corrected chi connectivity index (χ1v) is 11.3. The molecule has 0 aliphatic carbocycles. The molecule has 0 saturated carbocycles. The summed E-state index contributed by atoms with van der Waals surface area (Å²) in [6, 6.07) is 7.34. The third-order valence-corrected chi connectivity index (χ3v) is 6.36. The van der Waals surface area contributed by atoms with E-state index in [1.54, 1.807) is 35.6 Å². The first kappa shape index (κ1) is 21.3. The average molecular weight is 455 g/mol. The number of carbonyl (C=O) groups is 1. The second-order valence-corrected chi connectivity index (χ2v) is 8.86. The maximum Gasteiger partial charge on any atom is 0.267 e. The first-order valence-electron chi connectivity index (χ1n) is 10.0. The first-order chi connectivity index (χ1) is 15.0. The molecule has 1 aliphatic rings. The van der Waals surface area contributed by atoms with Crippen molar-refractivity contribution in [3.8, 4) is 0 Å². The molecule has 9 heteroatoms. The Balaban J connectivity index is 1.78. The van der Waals surface area contributed by atoms with Gasteiger partial charge in [-0.1, -0.05) is 43.4 Å². The lowest BCUT2D eigenvalue weighted by molar-refractivity contribution is -0.122. The minimum absolute atomic E-state index is 0.172. The van der Waals surface area contributed by atoms with Gasteiger partial charge in [-0.15, -0.1) is 0 Å². The summed E-state index contributed by atoms with van der Waals surface area (Å²) in [5, 5.41) is 3.19. The summed E-state index contributed by atoms with van der Waals surface area (Å²) in [5.41, 5.74) is 1.49. The van der Waals surface area contributed by atoms with Crippen molar-refractivity contribution in [1.82, 2.24) is 14.3 Å². The number of carbonyl (C=O) groups excluding carboxylic acids is 1. The molecule has 1 amide bonds. The zero-order valence-corrected chi connectivity index (χ0v) is 18.9. The number of fused-ring (bicyclic) bond motifs is 1. The molecule has 4 rings (SSSR count). The highest BCUT2D eigenvalue weighted by molar-refractivity contribution is 8.26. The number of anilines is 1. The van der Waals surface area contributed by atoms with Crippen LogP contribution in [0.25, 0.3) is 11.7 Å². The minimum Gasteiger partial charge on any atom is -0.467 e. The van der Waals surface area contributed by atoms with Crippen molar-refractivity contribution in [2.45, 2.75) is 33.2 Å². The van der Waals surface area contributed by atoms with Crippen LogP contribution in [0.15, 0.2) is 50.8 Å². The van der Waals surface area contributed by atoms with Crippen LogP contribution >= 0.6 is 24.0 Å². The summed E-state index contributed by atoms with van der Waals surface area (Å²) in [7, 11) is 0. The predicted molar refractivity (Wildman–Crippen MR) is 127 cm³/mol. The number of aromatic nitrogens is 2. The minimum atomic E-state index is -0.255. The molecule has 1 aliphatic heterocycles. The molecule has 0 unspecified atom stereocenters. The van der Waals surface area contributed by atoms with Crippen molar-refractivity contribution in [2.75, 3.05) is 11.9 Å². The third-order valence-electron chi connectivity index (χ3n) is 4.98. The van der Waals surface area contributed by atoms with Gasteiger partial charge in [-0.05, 0) is 43.2 Å². The Morgan fingerprint density at radius 3 is 2.87 bits per heavy atom. The Bertz CT molecular complexity index is 1230. The summed E-state index contributed by atoms with van der Waals surface area (Å²) >= 11 is 6.61. The number of unbranched alkanes of at least 4 members (excludes halogenated alkanes) is 1. The molecule has 4 heterocycles. The Morgan fingerprint density at radius 1 is 1.29 bits per heavy atom. The largest absolute Gasteiger partial charge is 0.467 e. The number of thiocarbonyl (C=S) groups is 1. The topological polar surface area (TPSA) is 79.8 Å². The number of hydrogen-bond donors (Lipinski definition) is 1. The van der Waals surface area contributed by atoms with E-state index in [1.807, 2.05) is 19.1 Å². The summed E-state index contributed by atoms with van der Waals surface area (Å²) in [5.74, 6) is 0.937. The van der Waals surface area contributed by atoms with Crippen LogP contribution in [-0.4, -0.2) is 31.1 Å². The predicted octanol–water partition coefficient (Wildman–Crippen LogP) is 4.21. The standard InChI is InChI=1S/C22H22N4O3S2/c1-3-4-9-26-21(28)17(31-22(26)30)12-16-18(23-13-15-8-6-11-29-15)24-19-14(2)7-5-10-25(19)20(16)27/h5-8,10-12,23H,3-4,9,13H2,1-2H3/b17-12+. The van der Waals surface area contributed by atoms with Gasteiger partial charge < -0.3 is 9.73 Å². The number of hydrogen-bond acceptors (Lipinski definition) is 7. The van der Waals surface area contributed by atoms with Crippen LogP contribution < -0.4 is 10.9 Å². The SMILES string of the molecule is CCCCN1C(=O)/C(=C\c2c(NCc3ccco3)nc3c(C)cccn3c2=O)SC1=S. The second kappa shape index (κ2) is 9.07. The molecule has 160 valence electrons. The van der Waals surface area contributed by atoms with Gasteiger partial charge in [-0.2, -0.15) is 0 Å². The van der Waals surface area contributed by atoms with E-state index in [-0.39, 0.29) is 11.5 Å². The number of nitrogens with one attached hydrogen (secondary N) is 1. The van der Waals surface area contributed by atoms with Gasteiger partial charge in [-0.3, -0.25) is 18.9 Å². The molecule has 1 saturated heterocycles. The van der Waals surface area contributed by atoms with Crippen molar-refractivity contribution in [3.05, 3.63) is 68.9 Å². The second-order valence-electron chi connectivity index (χ2n) is 7.18. The van der Waals surface area contributed by atoms with Crippen LogP contribution in [-0.2, 0) is 11.3 Å². The van der Waals surface area contributed by atoms with E-state index in [2.05, 4.69) is 17.2 Å². The van der Waals surface area contributed by atoms with Gasteiger partial charge in [0.15, 0.2) is 0 Å². The van der Waals surface area contributed by atoms with Gasteiger partial charge >= 0.3 is 0 Å². The molecular formula is C22H22N4O3S2. The van der Waals surface area contributed by atoms with Crippen molar-refractivity contribution in [2.24, 2.45) is 0 Å². The molecule has 0 atom stereocenters. The van der Waals surface area contributed by atoms with Crippen molar-refractivity contribution in [3.63, 3.8) is 0 Å². The third kappa shape index (κ3) is 4.28. The fourth-order valence-corrected chi connectivity index (χ4v) is 4.59. The Labute approximate surface area is 189 Å². The number of pyridine rings is 1. The summed E-state index contributed by atoms with van der Waals surface area (Å²) in [6.07, 6.45) is 6.70. The maximum absolute atomic E-state index is 13.3. The van der Waals surface area contributed by atoms with Gasteiger partial charge in [0.1, 0.15) is 21.5 Å². The van der Waals surface area contributed by atoms with Crippen molar-refractivity contribution < 1.29 is 9.21 Å². The van der Waals surface area contributed by atoms with Crippen LogP contribution in [0.4, 0.5) is 5.82 Å². The van der Waals surface area contributed by atoms with Gasteiger partial charge in [-0.25, -0.2) is 4.98 Å². The molecule has 0 spiro atoms. The zero-order chi connectivity index (χ0) is 22.0. The summed E-state index contributed by atoms with van der Waals surface area (Å²) in [6.45, 7) is 4.90. The lowest BCUT2D eigenvalue weighted by atomic mass is 10.2. The van der Waals surface area contributed by atoms with Crippen LogP contribution in [0.3, 0.4) is 0 Å². The maximum atomic E-state index is 13.3. The van der Waals surface area contributed by atoms with Crippen molar-refractivity contribution in [1.29, 1.82) is 0 Å². The normalized spacial score (nSPS) is 15.4. The van der Waals surface area contributed by atoms with Gasteiger partial charge in [0.2, 0.25) is 0 Å². The fourth-order valence-electron chi connectivity index (χ4n) is 3.30. The molecule has 0 aromatic carbocycles. The Kier molecular flexibility index (Phi) is 6.24. The molecular weight excluding hydrogens is 432 g/mol. The molecule has 7 nitrogen and oxygen atoms in total. The number of amides is 1. The molecule has 0 radical (unpaired) electrons. The van der Waals surface area contributed by atoms with Crippen LogP contribution in [0.5, 0.6) is 0 Å². The number of furan rings is 1. The van der Waals surface area contributed by atoms with Crippen molar-refractivity contribution >= 4 is 51.7 Å². The molecule has 1 N–H and O–H groups in total. The van der Waals surface area contributed by atoms with E-state index in [4.69, 9.17) is 16.6 Å². The van der Waals surface area contributed by atoms with Gasteiger partial charge in [0.05, 0.1) is 23.3 Å². The lowest BCUT2D eigenvalue weighted by Gasteiger charge is -2.13. The van der Waals surface area contributed by atoms with E-state index in [0.717, 1.165) is 18.4 Å². The Hall–Kier alpha value is -2.91. The summed E-state index contributed by atoms with van der Waals surface area (Å²) < 4.78 is 7.39. The van der Waals surface area contributed by atoms with Crippen LogP contribution in [0.1, 0.15) is 36.7 Å². The highest BCUT2D eigenvalue weighted by Crippen LogP contribution is 2.33. The molecule has 0 bridgehead atoms. The molecule has 31 heavy (non-hydrogen) atoms. The number of nitrogens with zero attached hydrogens (tertiary/aromatic N) is 3. The van der Waals surface area contributed by atoms with E-state index in [1.165, 1.54) is 16.2 Å². The number of aryl methyl sites for hydroxylation is 1. The fraction of sp³-hybridized carbons (Fsp3) is 0.273. The monoisotopic (exact) mass is 454 g/mol. The highest BCUT2D eigenvalue weighted by Gasteiger charge is 2.32. The van der Waals surface area contributed by atoms with Crippen LogP contribution in [0, 0.1) is 6.92 Å².